The Morgan fingerprint density at radius 1 is 1.11 bits per heavy atom. The number of nitrogens with one attached hydrogen (secondary N) is 2. The second-order valence-electron chi connectivity index (χ2n) is 11.3. The molecule has 2 heterocycles. The van der Waals surface area contributed by atoms with Gasteiger partial charge >= 0.3 is 7.75 Å². The molecule has 0 radical (unpaired) electrons. The van der Waals surface area contributed by atoms with Gasteiger partial charge in [-0.1, -0.05) is 60.7 Å². The van der Waals surface area contributed by atoms with Crippen molar-refractivity contribution in [3.8, 4) is 0 Å². The quantitative estimate of drug-likeness (QED) is 0.0741. The van der Waals surface area contributed by atoms with E-state index in [-0.39, 0.29) is 31.1 Å². The molecule has 7 N–H and O–H groups in total. The summed E-state index contributed by atoms with van der Waals surface area (Å²) in [5, 5.41) is 15.6. The first-order valence-electron chi connectivity index (χ1n) is 15.0. The Hall–Kier alpha value is -4.33. The van der Waals surface area contributed by atoms with E-state index in [4.69, 9.17) is 20.4 Å². The van der Waals surface area contributed by atoms with Crippen LogP contribution in [0.25, 0.3) is 11.2 Å². The van der Waals surface area contributed by atoms with E-state index in [9.17, 15) is 14.5 Å². The maximum atomic E-state index is 12.1. The van der Waals surface area contributed by atoms with Crippen LogP contribution in [0.1, 0.15) is 37.8 Å². The number of anilines is 3. The van der Waals surface area contributed by atoms with Crippen LogP contribution in [0.3, 0.4) is 0 Å². The first-order valence-corrected chi connectivity index (χ1v) is 16.6. The number of aromatic nitrogens is 4. The van der Waals surface area contributed by atoms with E-state index in [0.717, 1.165) is 35.6 Å². The number of allylic oxidation sites excluding steroid dienone is 1. The summed E-state index contributed by atoms with van der Waals surface area (Å²) in [5.74, 6) is 1.09. The third-order valence-electron chi connectivity index (χ3n) is 7.65. The molecule has 244 valence electrons. The summed E-state index contributed by atoms with van der Waals surface area (Å²) >= 11 is 0. The molecule has 1 amide bonds. The highest BCUT2D eigenvalue weighted by Gasteiger charge is 2.28. The standard InChI is InChI=1S/C16H19N2O5P.C15H20N6O/c1-13(16(19)17-24(20,21)22)18(15-10-6-3-7-11-15)23-12-14-8-4-2-5-9-14;16-15-19-13(17-6-9-1-2-9)12-14(20-15)21(8-18-12)11-4-3-10(5-11)7-22/h2-11,13H,12H2,1H3,(H3,17,19,20,21,22);3-4,8-11,22H,1-2,5-7H2,(H3,16,17,19,20)/t13-;10-,11+/m01/s1. The Morgan fingerprint density at radius 2 is 1.80 bits per heavy atom. The first-order chi connectivity index (χ1) is 22.1. The second-order valence-corrected chi connectivity index (χ2v) is 12.6. The van der Waals surface area contributed by atoms with Crippen molar-refractivity contribution in [3.63, 3.8) is 0 Å². The predicted molar refractivity (Wildman–Crippen MR) is 174 cm³/mol. The van der Waals surface area contributed by atoms with Gasteiger partial charge in [0.2, 0.25) is 5.95 Å². The van der Waals surface area contributed by atoms with E-state index >= 15 is 0 Å². The number of aliphatic hydroxyl groups excluding tert-OH is 1. The Labute approximate surface area is 266 Å². The number of benzene rings is 2. The fraction of sp³-hybridized carbons (Fsp3) is 0.355. The molecule has 2 aromatic carbocycles. The van der Waals surface area contributed by atoms with Crippen LogP contribution in [0, 0.1) is 11.8 Å². The summed E-state index contributed by atoms with van der Waals surface area (Å²) in [6, 6.07) is 17.5. The van der Waals surface area contributed by atoms with Crippen molar-refractivity contribution in [1.82, 2.24) is 24.6 Å². The SMILES string of the molecule is C[C@@H](C(=O)NP(=O)(O)O)N(OCc1ccccc1)c1ccccc1.Nc1nc(NCC2CC2)c2ncn([C@H]3C=C[C@@H](CO)C3)c2n1. The minimum Gasteiger partial charge on any atom is -0.396 e. The van der Waals surface area contributed by atoms with E-state index in [2.05, 4.69) is 26.3 Å². The van der Waals surface area contributed by atoms with Gasteiger partial charge in [-0.15, -0.1) is 0 Å². The molecule has 14 nitrogen and oxygen atoms in total. The molecule has 0 spiro atoms. The molecule has 2 aromatic heterocycles. The maximum Gasteiger partial charge on any atom is 0.429 e. The van der Waals surface area contributed by atoms with Crippen molar-refractivity contribution in [3.05, 3.63) is 84.7 Å². The van der Waals surface area contributed by atoms with Crippen LogP contribution in [0.15, 0.2) is 79.1 Å². The molecule has 0 saturated heterocycles. The smallest absolute Gasteiger partial charge is 0.396 e. The number of hydrogen-bond donors (Lipinski definition) is 6. The average molecular weight is 651 g/mol. The van der Waals surface area contributed by atoms with Gasteiger partial charge in [0.05, 0.1) is 24.7 Å². The molecule has 0 unspecified atom stereocenters. The monoisotopic (exact) mass is 650 g/mol. The zero-order valence-electron chi connectivity index (χ0n) is 25.4. The number of aliphatic hydroxyl groups is 1. The third kappa shape index (κ3) is 8.89. The van der Waals surface area contributed by atoms with Crippen LogP contribution >= 0.6 is 7.75 Å². The van der Waals surface area contributed by atoms with Gasteiger partial charge in [-0.3, -0.25) is 14.7 Å². The molecule has 0 aliphatic heterocycles. The highest BCUT2D eigenvalue weighted by atomic mass is 31.2. The summed E-state index contributed by atoms with van der Waals surface area (Å²) in [7, 11) is -4.67. The number of nitrogens with two attached hydrogens (primary N) is 1. The number of nitrogen functional groups attached to an aromatic ring is 1. The highest BCUT2D eigenvalue weighted by Crippen LogP contribution is 2.33. The second kappa shape index (κ2) is 14.8. The van der Waals surface area contributed by atoms with Crippen molar-refractivity contribution in [2.24, 2.45) is 11.8 Å². The number of rotatable bonds is 12. The van der Waals surface area contributed by atoms with Crippen LogP contribution in [0.4, 0.5) is 17.5 Å². The zero-order chi connectivity index (χ0) is 32.7. The number of para-hydroxylation sites is 1. The molecule has 15 heteroatoms. The lowest BCUT2D eigenvalue weighted by atomic mass is 10.1. The van der Waals surface area contributed by atoms with Crippen LogP contribution in [0.5, 0.6) is 0 Å². The summed E-state index contributed by atoms with van der Waals surface area (Å²) < 4.78 is 13.0. The van der Waals surface area contributed by atoms with Crippen molar-refractivity contribution in [1.29, 1.82) is 0 Å². The van der Waals surface area contributed by atoms with E-state index < -0.39 is 19.7 Å². The lowest BCUT2D eigenvalue weighted by molar-refractivity contribution is -0.122. The summed E-state index contributed by atoms with van der Waals surface area (Å²) in [5.41, 5.74) is 8.88. The van der Waals surface area contributed by atoms with Gasteiger partial charge < -0.3 is 30.5 Å². The van der Waals surface area contributed by atoms with Crippen LogP contribution in [0.2, 0.25) is 0 Å². The third-order valence-corrected chi connectivity index (χ3v) is 8.16. The van der Waals surface area contributed by atoms with Crippen LogP contribution in [-0.4, -0.2) is 59.5 Å². The fourth-order valence-corrected chi connectivity index (χ4v) is 5.48. The molecule has 2 aliphatic carbocycles. The number of hydrogen-bond acceptors (Lipinski definition) is 10. The van der Waals surface area contributed by atoms with Crippen LogP contribution < -0.4 is 21.2 Å². The summed E-state index contributed by atoms with van der Waals surface area (Å²) in [6.45, 7) is 2.80. The molecule has 3 atom stereocenters. The Bertz CT molecular complexity index is 1680. The van der Waals surface area contributed by atoms with E-state index in [1.807, 2.05) is 47.0 Å². The zero-order valence-corrected chi connectivity index (χ0v) is 26.3. The molecule has 2 aliphatic rings. The molecule has 46 heavy (non-hydrogen) atoms. The molecular formula is C31H39N8O6P. The van der Waals surface area contributed by atoms with Crippen molar-refractivity contribution in [2.45, 2.75) is 44.9 Å². The predicted octanol–water partition coefficient (Wildman–Crippen LogP) is 3.56. The van der Waals surface area contributed by atoms with Gasteiger partial charge in [0.1, 0.15) is 6.04 Å². The lowest BCUT2D eigenvalue weighted by Crippen LogP contribution is -2.44. The molecule has 4 aromatic rings. The Balaban J connectivity index is 0.000000182. The van der Waals surface area contributed by atoms with Crippen molar-refractivity contribution < 1.29 is 29.1 Å². The first kappa shape index (κ1) is 33.0. The topological polar surface area (TPSA) is 201 Å². The van der Waals surface area contributed by atoms with Gasteiger partial charge in [-0.25, -0.2) is 14.6 Å². The number of carbonyl (C=O) groups excluding carboxylic acids is 1. The van der Waals surface area contributed by atoms with Gasteiger partial charge in [0.25, 0.3) is 5.91 Å². The van der Waals surface area contributed by atoms with Crippen molar-refractivity contribution >= 4 is 42.3 Å². The molecule has 1 saturated carbocycles. The van der Waals surface area contributed by atoms with Crippen LogP contribution in [-0.2, 0) is 20.8 Å². The molecular weight excluding hydrogens is 611 g/mol. The van der Waals surface area contributed by atoms with Gasteiger partial charge in [-0.05, 0) is 49.8 Å². The van der Waals surface area contributed by atoms with Gasteiger partial charge in [-0.2, -0.15) is 9.97 Å². The lowest BCUT2D eigenvalue weighted by Gasteiger charge is -2.29. The fourth-order valence-electron chi connectivity index (χ4n) is 5.00. The Morgan fingerprint density at radius 3 is 2.43 bits per heavy atom. The minimum absolute atomic E-state index is 0.160. The normalized spacial score (nSPS) is 18.1. The molecule has 0 bridgehead atoms. The molecule has 6 rings (SSSR count). The number of hydroxylamine groups is 1. The number of fused-ring (bicyclic) bond motifs is 1. The maximum absolute atomic E-state index is 12.1. The Kier molecular flexibility index (Phi) is 10.7. The van der Waals surface area contributed by atoms with Gasteiger partial charge in [0.15, 0.2) is 17.0 Å². The summed E-state index contributed by atoms with van der Waals surface area (Å²) in [6.07, 6.45) is 9.35. The van der Waals surface area contributed by atoms with E-state index in [1.54, 1.807) is 35.7 Å². The number of nitrogens with zero attached hydrogens (tertiary/aromatic N) is 5. The van der Waals surface area contributed by atoms with E-state index in [0.29, 0.717) is 11.5 Å². The number of carbonyl (C=O) groups is 1. The highest BCUT2D eigenvalue weighted by molar-refractivity contribution is 7.50. The molecule has 1 fully saturated rings. The minimum atomic E-state index is -4.67. The van der Waals surface area contributed by atoms with Gasteiger partial charge in [0, 0.05) is 19.1 Å². The largest absolute Gasteiger partial charge is 0.429 e. The summed E-state index contributed by atoms with van der Waals surface area (Å²) in [4.78, 5) is 48.8. The van der Waals surface area contributed by atoms with E-state index in [1.165, 1.54) is 24.8 Å². The van der Waals surface area contributed by atoms with Crippen molar-refractivity contribution in [2.75, 3.05) is 29.3 Å². The number of amides is 1. The average Bonchev–Trinajstić information content (AvgIpc) is 3.58. The number of imidazole rings is 1.